The van der Waals surface area contributed by atoms with E-state index in [2.05, 4.69) is 22.1 Å². The first-order valence-corrected chi connectivity index (χ1v) is 6.11. The van der Waals surface area contributed by atoms with Crippen molar-refractivity contribution >= 4 is 6.01 Å². The maximum atomic E-state index is 5.50. The topological polar surface area (TPSA) is 50.5 Å². The van der Waals surface area contributed by atoms with Crippen LogP contribution in [0.3, 0.4) is 0 Å². The number of anilines is 1. The van der Waals surface area contributed by atoms with Crippen LogP contribution in [0.25, 0.3) is 0 Å². The Morgan fingerprint density at radius 1 is 1.65 bits per heavy atom. The Morgan fingerprint density at radius 2 is 2.47 bits per heavy atom. The summed E-state index contributed by atoms with van der Waals surface area (Å²) in [6.45, 7) is 4.81. The minimum Gasteiger partial charge on any atom is -0.432 e. The van der Waals surface area contributed by atoms with Crippen LogP contribution in [-0.2, 0) is 11.3 Å². The molecule has 17 heavy (non-hydrogen) atoms. The van der Waals surface area contributed by atoms with Crippen LogP contribution in [-0.4, -0.2) is 38.3 Å². The SMILES string of the molecule is CNCc1coc(N2CCC(C)C(OC)C2)n1. The molecule has 0 amide bonds. The first-order chi connectivity index (χ1) is 8.24. The van der Waals surface area contributed by atoms with E-state index in [1.807, 2.05) is 7.05 Å². The summed E-state index contributed by atoms with van der Waals surface area (Å²) in [4.78, 5) is 6.62. The average Bonchev–Trinajstić information content (AvgIpc) is 2.79. The zero-order valence-corrected chi connectivity index (χ0v) is 10.8. The quantitative estimate of drug-likeness (QED) is 0.857. The number of ether oxygens (including phenoxy) is 1. The lowest BCUT2D eigenvalue weighted by Crippen LogP contribution is -2.44. The lowest BCUT2D eigenvalue weighted by atomic mass is 9.96. The predicted molar refractivity (Wildman–Crippen MR) is 66.1 cm³/mol. The summed E-state index contributed by atoms with van der Waals surface area (Å²) in [5.74, 6) is 0.600. The van der Waals surface area contributed by atoms with Gasteiger partial charge in [-0.1, -0.05) is 6.92 Å². The number of nitrogens with zero attached hydrogens (tertiary/aromatic N) is 2. The summed E-state index contributed by atoms with van der Waals surface area (Å²) in [6, 6.07) is 0.712. The largest absolute Gasteiger partial charge is 0.432 e. The number of oxazole rings is 1. The molecule has 0 bridgehead atoms. The smallest absolute Gasteiger partial charge is 0.297 e. The summed E-state index contributed by atoms with van der Waals surface area (Å²) in [5.41, 5.74) is 0.940. The molecular formula is C12H21N3O2. The Labute approximate surface area is 102 Å². The first-order valence-electron chi connectivity index (χ1n) is 6.11. The standard InChI is InChI=1S/C12H21N3O2/c1-9-4-5-15(7-11(9)16-3)12-14-10(6-13-2)8-17-12/h8-9,11,13H,4-7H2,1-3H3. The molecule has 2 unspecified atom stereocenters. The molecule has 1 aromatic rings. The van der Waals surface area contributed by atoms with Crippen LogP contribution in [0, 0.1) is 5.92 Å². The van der Waals surface area contributed by atoms with Crippen molar-refractivity contribution in [2.45, 2.75) is 26.0 Å². The van der Waals surface area contributed by atoms with Gasteiger partial charge in [-0.15, -0.1) is 0 Å². The molecule has 2 rings (SSSR count). The predicted octanol–water partition coefficient (Wildman–Crippen LogP) is 1.26. The summed E-state index contributed by atoms with van der Waals surface area (Å²) in [7, 11) is 3.67. The maximum Gasteiger partial charge on any atom is 0.297 e. The zero-order chi connectivity index (χ0) is 12.3. The van der Waals surface area contributed by atoms with Crippen molar-refractivity contribution in [3.8, 4) is 0 Å². The molecule has 1 aliphatic rings. The molecule has 2 heterocycles. The molecular weight excluding hydrogens is 218 g/mol. The molecule has 2 atom stereocenters. The Bertz CT molecular complexity index is 353. The van der Waals surface area contributed by atoms with Gasteiger partial charge in [0.2, 0.25) is 0 Å². The molecule has 0 aliphatic carbocycles. The highest BCUT2D eigenvalue weighted by atomic mass is 16.5. The lowest BCUT2D eigenvalue weighted by molar-refractivity contribution is 0.0486. The zero-order valence-electron chi connectivity index (χ0n) is 10.8. The van der Waals surface area contributed by atoms with E-state index in [0.29, 0.717) is 11.9 Å². The van der Waals surface area contributed by atoms with Gasteiger partial charge >= 0.3 is 0 Å². The van der Waals surface area contributed by atoms with Crippen LogP contribution in [0.15, 0.2) is 10.7 Å². The van der Waals surface area contributed by atoms with Gasteiger partial charge in [0.15, 0.2) is 0 Å². The highest BCUT2D eigenvalue weighted by Gasteiger charge is 2.28. The second-order valence-electron chi connectivity index (χ2n) is 4.64. The number of aromatic nitrogens is 1. The van der Waals surface area contributed by atoms with Gasteiger partial charge in [0.1, 0.15) is 6.26 Å². The number of hydrogen-bond donors (Lipinski definition) is 1. The van der Waals surface area contributed by atoms with Crippen LogP contribution in [0.1, 0.15) is 19.0 Å². The minimum absolute atomic E-state index is 0.267. The molecule has 5 nitrogen and oxygen atoms in total. The van der Waals surface area contributed by atoms with E-state index in [0.717, 1.165) is 31.7 Å². The molecule has 0 aromatic carbocycles. The van der Waals surface area contributed by atoms with E-state index < -0.39 is 0 Å². The van der Waals surface area contributed by atoms with Crippen LogP contribution in [0.5, 0.6) is 0 Å². The van der Waals surface area contributed by atoms with E-state index >= 15 is 0 Å². The number of methoxy groups -OCH3 is 1. The fraction of sp³-hybridized carbons (Fsp3) is 0.750. The lowest BCUT2D eigenvalue weighted by Gasteiger charge is -2.35. The van der Waals surface area contributed by atoms with Crippen LogP contribution < -0.4 is 10.2 Å². The maximum absolute atomic E-state index is 5.50. The van der Waals surface area contributed by atoms with E-state index in [-0.39, 0.29) is 6.10 Å². The number of nitrogens with one attached hydrogen (secondary N) is 1. The van der Waals surface area contributed by atoms with E-state index in [1.165, 1.54) is 0 Å². The monoisotopic (exact) mass is 239 g/mol. The molecule has 96 valence electrons. The number of hydrogen-bond acceptors (Lipinski definition) is 5. The van der Waals surface area contributed by atoms with Crippen molar-refractivity contribution in [1.82, 2.24) is 10.3 Å². The highest BCUT2D eigenvalue weighted by molar-refractivity contribution is 5.28. The third-order valence-corrected chi connectivity index (χ3v) is 3.36. The van der Waals surface area contributed by atoms with E-state index in [4.69, 9.17) is 9.15 Å². The van der Waals surface area contributed by atoms with Crippen LogP contribution in [0.4, 0.5) is 6.01 Å². The van der Waals surface area contributed by atoms with Crippen molar-refractivity contribution in [2.75, 3.05) is 32.1 Å². The van der Waals surface area contributed by atoms with Crippen molar-refractivity contribution in [3.63, 3.8) is 0 Å². The van der Waals surface area contributed by atoms with E-state index in [9.17, 15) is 0 Å². The fourth-order valence-corrected chi connectivity index (χ4v) is 2.22. The minimum atomic E-state index is 0.267. The molecule has 1 aliphatic heterocycles. The van der Waals surface area contributed by atoms with Crippen molar-refractivity contribution in [1.29, 1.82) is 0 Å². The van der Waals surface area contributed by atoms with Crippen LogP contribution >= 0.6 is 0 Å². The summed E-state index contributed by atoms with van der Waals surface area (Å²) < 4.78 is 11.0. The summed E-state index contributed by atoms with van der Waals surface area (Å²) in [5, 5.41) is 3.06. The van der Waals surface area contributed by atoms with Gasteiger partial charge in [0.25, 0.3) is 6.01 Å². The Hall–Kier alpha value is -1.07. The van der Waals surface area contributed by atoms with Crippen molar-refractivity contribution < 1.29 is 9.15 Å². The first kappa shape index (κ1) is 12.4. The number of piperidine rings is 1. The third-order valence-electron chi connectivity index (χ3n) is 3.36. The molecule has 0 spiro atoms. The molecule has 0 radical (unpaired) electrons. The van der Waals surface area contributed by atoms with Gasteiger partial charge < -0.3 is 19.4 Å². The Morgan fingerprint density at radius 3 is 3.18 bits per heavy atom. The highest BCUT2D eigenvalue weighted by Crippen LogP contribution is 2.24. The molecule has 1 N–H and O–H groups in total. The van der Waals surface area contributed by atoms with Gasteiger partial charge in [-0.2, -0.15) is 4.98 Å². The molecule has 5 heteroatoms. The average molecular weight is 239 g/mol. The fourth-order valence-electron chi connectivity index (χ4n) is 2.22. The summed E-state index contributed by atoms with van der Waals surface area (Å²) in [6.07, 6.45) is 3.09. The third kappa shape index (κ3) is 2.79. The van der Waals surface area contributed by atoms with Crippen molar-refractivity contribution in [2.24, 2.45) is 5.92 Å². The Balaban J connectivity index is 2.01. The van der Waals surface area contributed by atoms with E-state index in [1.54, 1.807) is 13.4 Å². The second kappa shape index (κ2) is 5.51. The van der Waals surface area contributed by atoms with Gasteiger partial charge in [0, 0.05) is 26.7 Å². The van der Waals surface area contributed by atoms with Gasteiger partial charge in [-0.05, 0) is 19.4 Å². The molecule has 1 fully saturated rings. The van der Waals surface area contributed by atoms with Gasteiger partial charge in [0.05, 0.1) is 11.8 Å². The van der Waals surface area contributed by atoms with Crippen LogP contribution in [0.2, 0.25) is 0 Å². The normalized spacial score (nSPS) is 25.2. The molecule has 0 saturated carbocycles. The molecule has 1 saturated heterocycles. The van der Waals surface area contributed by atoms with Crippen molar-refractivity contribution in [3.05, 3.63) is 12.0 Å². The Kier molecular flexibility index (Phi) is 4.02. The second-order valence-corrected chi connectivity index (χ2v) is 4.64. The summed E-state index contributed by atoms with van der Waals surface area (Å²) >= 11 is 0. The molecule has 1 aromatic heterocycles. The van der Waals surface area contributed by atoms with Gasteiger partial charge in [-0.3, -0.25) is 0 Å². The van der Waals surface area contributed by atoms with Gasteiger partial charge in [-0.25, -0.2) is 0 Å². The number of rotatable bonds is 4.